The van der Waals surface area contributed by atoms with E-state index in [4.69, 9.17) is 15.9 Å². The van der Waals surface area contributed by atoms with E-state index in [-0.39, 0.29) is 12.4 Å². The number of carbonyl (C=O) groups is 1. The van der Waals surface area contributed by atoms with E-state index in [0.717, 1.165) is 11.3 Å². The second-order valence-corrected chi connectivity index (χ2v) is 4.76. The van der Waals surface area contributed by atoms with Crippen molar-refractivity contribution < 1.29 is 14.3 Å². The van der Waals surface area contributed by atoms with Gasteiger partial charge in [0.25, 0.3) is 0 Å². The minimum absolute atomic E-state index is 0.0350. The number of nitrogens with zero attached hydrogens (tertiary/aromatic N) is 1. The number of Topliss-reactive ketones (excluding diaryl/α,β-unsaturated/α-hetero) is 1. The zero-order chi connectivity index (χ0) is 16.7. The van der Waals surface area contributed by atoms with E-state index in [2.05, 4.69) is 10.9 Å². The maximum Gasteiger partial charge on any atom is 0.162 e. The number of hydrogen-bond acceptors (Lipinski definition) is 4. The molecule has 0 aliphatic heterocycles. The van der Waals surface area contributed by atoms with Gasteiger partial charge >= 0.3 is 0 Å². The minimum atomic E-state index is 0.0350. The first-order chi connectivity index (χ1) is 11.1. The van der Waals surface area contributed by atoms with Crippen molar-refractivity contribution in [1.82, 2.24) is 0 Å². The van der Waals surface area contributed by atoms with Gasteiger partial charge in [0.2, 0.25) is 0 Å². The summed E-state index contributed by atoms with van der Waals surface area (Å²) in [6.45, 7) is 1.72. The molecule has 0 saturated carbocycles. The molecule has 0 radical (unpaired) electrons. The Labute approximate surface area is 135 Å². The molecule has 0 atom stereocenters. The van der Waals surface area contributed by atoms with Gasteiger partial charge in [-0.15, -0.1) is 6.42 Å². The molecule has 0 unspecified atom stereocenters. The summed E-state index contributed by atoms with van der Waals surface area (Å²) in [5.41, 5.74) is 2.30. The maximum absolute atomic E-state index is 11.2. The third-order valence-electron chi connectivity index (χ3n) is 3.14. The highest BCUT2D eigenvalue weighted by Crippen LogP contribution is 2.27. The third-order valence-corrected chi connectivity index (χ3v) is 3.14. The second kappa shape index (κ2) is 7.81. The second-order valence-electron chi connectivity index (χ2n) is 4.76. The Morgan fingerprint density at radius 1 is 1.22 bits per heavy atom. The van der Waals surface area contributed by atoms with Crippen LogP contribution in [0.3, 0.4) is 0 Å². The van der Waals surface area contributed by atoms with Gasteiger partial charge < -0.3 is 9.47 Å². The van der Waals surface area contributed by atoms with E-state index in [1.165, 1.54) is 6.92 Å². The maximum atomic E-state index is 11.2. The van der Waals surface area contributed by atoms with Crippen LogP contribution in [0, 0.1) is 12.3 Å². The van der Waals surface area contributed by atoms with E-state index in [1.54, 1.807) is 43.7 Å². The van der Waals surface area contributed by atoms with Crippen LogP contribution < -0.4 is 9.47 Å². The fraction of sp³-hybridized carbons (Fsp3) is 0.158. The highest BCUT2D eigenvalue weighted by molar-refractivity contribution is 5.94. The quantitative estimate of drug-likeness (QED) is 0.465. The fourth-order valence-corrected chi connectivity index (χ4v) is 1.93. The molecule has 0 saturated heterocycles. The Kier molecular flexibility index (Phi) is 5.54. The van der Waals surface area contributed by atoms with Crippen LogP contribution in [0.25, 0.3) is 0 Å². The lowest BCUT2D eigenvalue weighted by Gasteiger charge is -2.09. The van der Waals surface area contributed by atoms with Crippen LogP contribution in [-0.4, -0.2) is 25.7 Å². The molecular formula is C19H17NO3. The van der Waals surface area contributed by atoms with E-state index in [0.29, 0.717) is 17.1 Å². The molecule has 0 aliphatic rings. The molecular weight excluding hydrogens is 290 g/mol. The third kappa shape index (κ3) is 4.45. The van der Waals surface area contributed by atoms with Crippen molar-refractivity contribution in [3.05, 3.63) is 53.6 Å². The highest BCUT2D eigenvalue weighted by atomic mass is 16.5. The van der Waals surface area contributed by atoms with Gasteiger partial charge in [0, 0.05) is 11.8 Å². The van der Waals surface area contributed by atoms with Crippen LogP contribution in [0.2, 0.25) is 0 Å². The van der Waals surface area contributed by atoms with Crippen molar-refractivity contribution in [1.29, 1.82) is 0 Å². The molecule has 2 rings (SSSR count). The number of aliphatic imine (C=N–C) groups is 1. The van der Waals surface area contributed by atoms with Crippen LogP contribution >= 0.6 is 0 Å². The van der Waals surface area contributed by atoms with Crippen LogP contribution in [0.4, 0.5) is 5.69 Å². The normalized spacial score (nSPS) is 10.3. The van der Waals surface area contributed by atoms with Gasteiger partial charge in [-0.25, -0.2) is 0 Å². The largest absolute Gasteiger partial charge is 0.493 e. The van der Waals surface area contributed by atoms with Crippen molar-refractivity contribution in [2.24, 2.45) is 4.99 Å². The van der Waals surface area contributed by atoms with Crippen molar-refractivity contribution in [2.75, 3.05) is 13.7 Å². The van der Waals surface area contributed by atoms with E-state index < -0.39 is 0 Å². The topological polar surface area (TPSA) is 47.9 Å². The van der Waals surface area contributed by atoms with Crippen LogP contribution in [0.1, 0.15) is 22.8 Å². The molecule has 2 aromatic carbocycles. The molecule has 0 bridgehead atoms. The van der Waals surface area contributed by atoms with E-state index in [1.807, 2.05) is 12.1 Å². The molecule has 0 aromatic heterocycles. The first kappa shape index (κ1) is 16.3. The molecule has 4 heteroatoms. The Bertz CT molecular complexity index is 755. The molecule has 0 aliphatic carbocycles. The van der Waals surface area contributed by atoms with Crippen molar-refractivity contribution in [2.45, 2.75) is 6.92 Å². The van der Waals surface area contributed by atoms with E-state index >= 15 is 0 Å². The lowest BCUT2D eigenvalue weighted by Crippen LogP contribution is -1.97. The highest BCUT2D eigenvalue weighted by Gasteiger charge is 2.04. The summed E-state index contributed by atoms with van der Waals surface area (Å²) in [4.78, 5) is 15.6. The number of ether oxygens (including phenoxy) is 2. The van der Waals surface area contributed by atoms with Gasteiger partial charge in [0.15, 0.2) is 17.3 Å². The smallest absolute Gasteiger partial charge is 0.162 e. The summed E-state index contributed by atoms with van der Waals surface area (Å²) in [6.07, 6.45) is 6.90. The zero-order valence-corrected chi connectivity index (χ0v) is 13.1. The number of benzene rings is 2. The average molecular weight is 307 g/mol. The summed E-state index contributed by atoms with van der Waals surface area (Å²) in [5.74, 6) is 3.63. The molecule has 2 aromatic rings. The van der Waals surface area contributed by atoms with Gasteiger partial charge in [0.1, 0.15) is 6.61 Å². The lowest BCUT2D eigenvalue weighted by atomic mass is 10.1. The zero-order valence-electron chi connectivity index (χ0n) is 13.1. The van der Waals surface area contributed by atoms with Crippen molar-refractivity contribution >= 4 is 17.7 Å². The molecule has 23 heavy (non-hydrogen) atoms. The minimum Gasteiger partial charge on any atom is -0.493 e. The monoisotopic (exact) mass is 307 g/mol. The number of terminal acetylenes is 1. The van der Waals surface area contributed by atoms with Gasteiger partial charge in [-0.05, 0) is 55.0 Å². The summed E-state index contributed by atoms with van der Waals surface area (Å²) >= 11 is 0. The molecule has 0 fully saturated rings. The van der Waals surface area contributed by atoms with Gasteiger partial charge in [-0.1, -0.05) is 5.92 Å². The van der Waals surface area contributed by atoms with Crippen molar-refractivity contribution in [3.63, 3.8) is 0 Å². The van der Waals surface area contributed by atoms with E-state index in [9.17, 15) is 4.79 Å². The lowest BCUT2D eigenvalue weighted by molar-refractivity contribution is 0.101. The standard InChI is InChI=1S/C19H17NO3/c1-4-11-23-18-10-5-15(12-19(18)22-3)13-20-17-8-6-16(7-9-17)14(2)21/h1,5-10,12-13H,11H2,2-3H3. The Balaban J connectivity index is 2.15. The molecule has 4 nitrogen and oxygen atoms in total. The SMILES string of the molecule is C#CCOc1ccc(C=Nc2ccc(C(C)=O)cc2)cc1OC. The molecule has 0 amide bonds. The fourth-order valence-electron chi connectivity index (χ4n) is 1.93. The number of carbonyl (C=O) groups excluding carboxylic acids is 1. The summed E-state index contributed by atoms with van der Waals surface area (Å²) < 4.78 is 10.7. The number of hydrogen-bond donors (Lipinski definition) is 0. The number of methoxy groups -OCH3 is 1. The van der Waals surface area contributed by atoms with Crippen molar-refractivity contribution in [3.8, 4) is 23.8 Å². The Morgan fingerprint density at radius 2 is 1.96 bits per heavy atom. The Morgan fingerprint density at radius 3 is 2.57 bits per heavy atom. The number of ketones is 1. The molecule has 0 heterocycles. The van der Waals surface area contributed by atoms with Gasteiger partial charge in [-0.3, -0.25) is 9.79 Å². The molecule has 0 spiro atoms. The Hall–Kier alpha value is -3.06. The number of rotatable bonds is 6. The van der Waals surface area contributed by atoms with Crippen LogP contribution in [0.5, 0.6) is 11.5 Å². The first-order valence-corrected chi connectivity index (χ1v) is 7.03. The molecule has 116 valence electrons. The summed E-state index contributed by atoms with van der Waals surface area (Å²) in [5, 5.41) is 0. The van der Waals surface area contributed by atoms with Gasteiger partial charge in [-0.2, -0.15) is 0 Å². The summed E-state index contributed by atoms with van der Waals surface area (Å²) in [7, 11) is 1.57. The van der Waals surface area contributed by atoms with Crippen LogP contribution in [0.15, 0.2) is 47.5 Å². The average Bonchev–Trinajstić information content (AvgIpc) is 2.58. The predicted octanol–water partition coefficient (Wildman–Crippen LogP) is 3.66. The predicted molar refractivity (Wildman–Crippen MR) is 91.0 cm³/mol. The molecule has 0 N–H and O–H groups in total. The van der Waals surface area contributed by atoms with Gasteiger partial charge in [0.05, 0.1) is 12.8 Å². The van der Waals surface area contributed by atoms with Crippen LogP contribution in [-0.2, 0) is 0 Å². The first-order valence-electron chi connectivity index (χ1n) is 7.03. The summed E-state index contributed by atoms with van der Waals surface area (Å²) in [6, 6.07) is 12.6.